The average Bonchev–Trinajstić information content (AvgIpc) is 3.09. The number of sulfonamides is 1. The number of rotatable bonds is 5. The largest absolute Gasteiger partial charge is 0.240 e. The predicted molar refractivity (Wildman–Crippen MR) is 76.5 cm³/mol. The molecule has 0 saturated heterocycles. The maximum absolute atomic E-state index is 12.2. The van der Waals surface area contributed by atoms with Gasteiger partial charge in [-0.3, -0.25) is 0 Å². The van der Waals surface area contributed by atoms with E-state index in [0.717, 1.165) is 11.1 Å². The van der Waals surface area contributed by atoms with Crippen LogP contribution in [0.1, 0.15) is 24.0 Å². The zero-order chi connectivity index (χ0) is 13.3. The van der Waals surface area contributed by atoms with Crippen LogP contribution in [0.15, 0.2) is 23.1 Å². The molecule has 2 rings (SSSR count). The first-order valence-electron chi connectivity index (χ1n) is 6.11. The molecular weight excluding hydrogens is 314 g/mol. The van der Waals surface area contributed by atoms with Gasteiger partial charge in [-0.1, -0.05) is 33.6 Å². The lowest BCUT2D eigenvalue weighted by Gasteiger charge is -2.12. The highest BCUT2D eigenvalue weighted by atomic mass is 79.9. The summed E-state index contributed by atoms with van der Waals surface area (Å²) in [6.07, 6.45) is 2.39. The zero-order valence-corrected chi connectivity index (χ0v) is 13.0. The Kier molecular flexibility index (Phi) is 4.14. The van der Waals surface area contributed by atoms with E-state index in [0.29, 0.717) is 17.4 Å². The molecule has 1 aromatic rings. The molecule has 100 valence electrons. The Hall–Kier alpha value is -0.390. The van der Waals surface area contributed by atoms with Gasteiger partial charge >= 0.3 is 0 Å². The van der Waals surface area contributed by atoms with E-state index in [-0.39, 0.29) is 4.83 Å². The lowest BCUT2D eigenvalue weighted by molar-refractivity contribution is 0.577. The van der Waals surface area contributed by atoms with Gasteiger partial charge in [0.1, 0.15) is 0 Å². The lowest BCUT2D eigenvalue weighted by atomic mass is 10.2. The van der Waals surface area contributed by atoms with Crippen LogP contribution in [0.5, 0.6) is 0 Å². The van der Waals surface area contributed by atoms with Crippen molar-refractivity contribution in [3.63, 3.8) is 0 Å². The molecular formula is C13H18BrNO2S. The van der Waals surface area contributed by atoms with E-state index in [4.69, 9.17) is 0 Å². The third kappa shape index (κ3) is 3.33. The van der Waals surface area contributed by atoms with E-state index in [1.165, 1.54) is 12.8 Å². The van der Waals surface area contributed by atoms with Gasteiger partial charge in [-0.2, -0.15) is 0 Å². The monoisotopic (exact) mass is 331 g/mol. The van der Waals surface area contributed by atoms with E-state index >= 15 is 0 Å². The van der Waals surface area contributed by atoms with Crippen molar-refractivity contribution in [3.05, 3.63) is 29.3 Å². The normalized spacial score (nSPS) is 17.7. The van der Waals surface area contributed by atoms with Crippen LogP contribution in [-0.4, -0.2) is 19.8 Å². The van der Waals surface area contributed by atoms with Gasteiger partial charge in [-0.25, -0.2) is 13.1 Å². The summed E-state index contributed by atoms with van der Waals surface area (Å²) in [6.45, 7) is 4.24. The molecule has 3 nitrogen and oxygen atoms in total. The summed E-state index contributed by atoms with van der Waals surface area (Å²) in [5, 5.41) is 0. The number of nitrogens with one attached hydrogen (secondary N) is 1. The molecule has 1 N–H and O–H groups in total. The Morgan fingerprint density at radius 2 is 2.06 bits per heavy atom. The van der Waals surface area contributed by atoms with Crippen molar-refractivity contribution in [2.24, 2.45) is 5.92 Å². The van der Waals surface area contributed by atoms with Gasteiger partial charge in [0.2, 0.25) is 10.0 Å². The number of halogens is 1. The Balaban J connectivity index is 2.09. The smallest absolute Gasteiger partial charge is 0.210 e. The highest BCUT2D eigenvalue weighted by Crippen LogP contribution is 2.36. The molecule has 1 aliphatic rings. The molecule has 18 heavy (non-hydrogen) atoms. The van der Waals surface area contributed by atoms with Gasteiger partial charge in [0.05, 0.1) is 4.90 Å². The Bertz CT molecular complexity index is 538. The maximum Gasteiger partial charge on any atom is 0.240 e. The minimum atomic E-state index is -3.39. The first-order chi connectivity index (χ1) is 8.40. The van der Waals surface area contributed by atoms with Gasteiger partial charge < -0.3 is 0 Å². The molecule has 0 bridgehead atoms. The number of benzene rings is 1. The third-order valence-electron chi connectivity index (χ3n) is 3.22. The summed E-state index contributed by atoms with van der Waals surface area (Å²) in [6, 6.07) is 5.39. The molecule has 0 spiro atoms. The third-order valence-corrected chi connectivity index (χ3v) is 5.88. The fourth-order valence-electron chi connectivity index (χ4n) is 1.99. The fraction of sp³-hybridized carbons (Fsp3) is 0.538. The molecule has 1 aliphatic carbocycles. The van der Waals surface area contributed by atoms with Crippen LogP contribution in [0.3, 0.4) is 0 Å². The fourth-order valence-corrected chi connectivity index (χ4v) is 4.18. The van der Waals surface area contributed by atoms with Crippen LogP contribution in [0.25, 0.3) is 0 Å². The lowest BCUT2D eigenvalue weighted by Crippen LogP contribution is -2.30. The number of alkyl halides is 1. The van der Waals surface area contributed by atoms with Crippen LogP contribution in [0, 0.1) is 19.8 Å². The summed E-state index contributed by atoms with van der Waals surface area (Å²) in [5.74, 6) is 0.631. The zero-order valence-electron chi connectivity index (χ0n) is 10.6. The van der Waals surface area contributed by atoms with Gasteiger partial charge in [0, 0.05) is 11.4 Å². The highest BCUT2D eigenvalue weighted by molar-refractivity contribution is 9.09. The predicted octanol–water partition coefficient (Wildman–Crippen LogP) is 2.76. The first kappa shape index (κ1) is 14.0. The second-order valence-corrected chi connectivity index (χ2v) is 7.89. The van der Waals surface area contributed by atoms with Crippen molar-refractivity contribution in [1.82, 2.24) is 4.72 Å². The summed E-state index contributed by atoms with van der Waals surface area (Å²) in [5.41, 5.74) is 1.86. The Morgan fingerprint density at radius 1 is 1.39 bits per heavy atom. The van der Waals surface area contributed by atoms with E-state index in [9.17, 15) is 8.42 Å². The van der Waals surface area contributed by atoms with Crippen molar-refractivity contribution in [2.75, 3.05) is 6.54 Å². The molecule has 5 heteroatoms. The van der Waals surface area contributed by atoms with Crippen molar-refractivity contribution in [3.8, 4) is 0 Å². The number of hydrogen-bond donors (Lipinski definition) is 1. The molecule has 0 aromatic heterocycles. The topological polar surface area (TPSA) is 46.2 Å². The summed E-state index contributed by atoms with van der Waals surface area (Å²) >= 11 is 3.53. The Labute approximate surface area is 117 Å². The average molecular weight is 332 g/mol. The molecule has 1 fully saturated rings. The van der Waals surface area contributed by atoms with Crippen molar-refractivity contribution >= 4 is 26.0 Å². The molecule has 0 aliphatic heterocycles. The molecule has 1 atom stereocenters. The standard InChI is InChI=1S/C13H18BrNO2S/c1-9-3-6-13(10(2)7-9)18(16,17)15-8-12(14)11-4-5-11/h3,6-7,11-12,15H,4-5,8H2,1-2H3. The summed E-state index contributed by atoms with van der Waals surface area (Å²) < 4.78 is 27.0. The van der Waals surface area contributed by atoms with Gasteiger partial charge in [-0.05, 0) is 44.2 Å². The van der Waals surface area contributed by atoms with E-state index in [1.54, 1.807) is 6.07 Å². The first-order valence-corrected chi connectivity index (χ1v) is 8.51. The van der Waals surface area contributed by atoms with Crippen LogP contribution >= 0.6 is 15.9 Å². The van der Waals surface area contributed by atoms with Crippen LogP contribution in [0.2, 0.25) is 0 Å². The summed E-state index contributed by atoms with van der Waals surface area (Å²) in [7, 11) is -3.39. The maximum atomic E-state index is 12.2. The number of aryl methyl sites for hydroxylation is 2. The van der Waals surface area contributed by atoms with E-state index in [1.807, 2.05) is 26.0 Å². The molecule has 0 heterocycles. The van der Waals surface area contributed by atoms with Crippen LogP contribution < -0.4 is 4.72 Å². The molecule has 1 aromatic carbocycles. The minimum absolute atomic E-state index is 0.248. The van der Waals surface area contributed by atoms with Gasteiger partial charge in [0.25, 0.3) is 0 Å². The van der Waals surface area contributed by atoms with E-state index < -0.39 is 10.0 Å². The van der Waals surface area contributed by atoms with Crippen molar-refractivity contribution in [1.29, 1.82) is 0 Å². The van der Waals surface area contributed by atoms with E-state index in [2.05, 4.69) is 20.7 Å². The SMILES string of the molecule is Cc1ccc(S(=O)(=O)NCC(Br)C2CC2)c(C)c1. The minimum Gasteiger partial charge on any atom is -0.210 e. The Morgan fingerprint density at radius 3 is 2.61 bits per heavy atom. The molecule has 0 amide bonds. The second kappa shape index (κ2) is 5.31. The quantitative estimate of drug-likeness (QED) is 0.843. The second-order valence-electron chi connectivity index (χ2n) is 4.97. The van der Waals surface area contributed by atoms with Crippen LogP contribution in [-0.2, 0) is 10.0 Å². The number of hydrogen-bond acceptors (Lipinski definition) is 2. The van der Waals surface area contributed by atoms with Gasteiger partial charge in [-0.15, -0.1) is 0 Å². The highest BCUT2D eigenvalue weighted by Gasteiger charge is 2.30. The molecule has 1 saturated carbocycles. The van der Waals surface area contributed by atoms with Gasteiger partial charge in [0.15, 0.2) is 0 Å². The van der Waals surface area contributed by atoms with Crippen molar-refractivity contribution in [2.45, 2.75) is 36.4 Å². The van der Waals surface area contributed by atoms with Crippen LogP contribution in [0.4, 0.5) is 0 Å². The molecule has 1 unspecified atom stereocenters. The van der Waals surface area contributed by atoms with Crippen molar-refractivity contribution < 1.29 is 8.42 Å². The summed E-state index contributed by atoms with van der Waals surface area (Å²) in [4.78, 5) is 0.627. The molecule has 0 radical (unpaired) electrons.